The van der Waals surface area contributed by atoms with Crippen molar-refractivity contribution in [3.63, 3.8) is 0 Å². The molecule has 0 amide bonds. The van der Waals surface area contributed by atoms with Gasteiger partial charge in [-0.25, -0.2) is 13.5 Å². The SMILES string of the molecule is Cc1cc(-c2cc(S(=O)N(C)C)cnc2OC2CCCCC2)n2cc[nH]c(=O)c12. The Hall–Kier alpha value is -2.45. The van der Waals surface area contributed by atoms with Crippen LogP contribution >= 0.6 is 0 Å². The fourth-order valence-corrected chi connectivity index (χ4v) is 4.70. The summed E-state index contributed by atoms with van der Waals surface area (Å²) >= 11 is 0. The molecule has 3 aromatic heterocycles. The molecule has 0 bridgehead atoms. The van der Waals surface area contributed by atoms with E-state index in [0.717, 1.165) is 42.5 Å². The Labute approximate surface area is 172 Å². The number of hydrogen-bond acceptors (Lipinski definition) is 4. The standard InChI is InChI=1S/C21H26N4O3S/c1-14-11-18(25-10-9-22-20(26)19(14)25)17-12-16(29(27)24(2)3)13-23-21(17)28-15-7-5-4-6-8-15/h9-13,15H,4-8H2,1-3H3,(H,22,26). The quantitative estimate of drug-likeness (QED) is 0.695. The van der Waals surface area contributed by atoms with Gasteiger partial charge in [-0.1, -0.05) is 6.42 Å². The Bertz CT molecular complexity index is 1110. The monoisotopic (exact) mass is 414 g/mol. The molecule has 0 aromatic carbocycles. The zero-order chi connectivity index (χ0) is 20.5. The maximum Gasteiger partial charge on any atom is 0.272 e. The van der Waals surface area contributed by atoms with E-state index in [2.05, 4.69) is 9.97 Å². The summed E-state index contributed by atoms with van der Waals surface area (Å²) in [6.07, 6.45) is 10.8. The third-order valence-electron chi connectivity index (χ3n) is 5.35. The summed E-state index contributed by atoms with van der Waals surface area (Å²) < 4.78 is 22.4. The molecule has 3 aromatic rings. The number of nitrogens with one attached hydrogen (secondary N) is 1. The van der Waals surface area contributed by atoms with Gasteiger partial charge in [0.15, 0.2) is 0 Å². The molecule has 29 heavy (non-hydrogen) atoms. The molecule has 1 atom stereocenters. The lowest BCUT2D eigenvalue weighted by atomic mass is 9.98. The maximum absolute atomic E-state index is 12.6. The molecule has 7 nitrogen and oxygen atoms in total. The number of aryl methyl sites for hydroxylation is 1. The van der Waals surface area contributed by atoms with Crippen LogP contribution in [0.3, 0.4) is 0 Å². The fraction of sp³-hybridized carbons (Fsp3) is 0.429. The molecule has 3 heterocycles. The van der Waals surface area contributed by atoms with E-state index >= 15 is 0 Å². The third-order valence-corrected chi connectivity index (χ3v) is 6.64. The van der Waals surface area contributed by atoms with Crippen molar-refractivity contribution >= 4 is 16.5 Å². The number of H-pyrrole nitrogens is 1. The molecular weight excluding hydrogens is 388 g/mol. The Morgan fingerprint density at radius 3 is 2.72 bits per heavy atom. The van der Waals surface area contributed by atoms with Crippen molar-refractivity contribution in [1.82, 2.24) is 18.7 Å². The highest BCUT2D eigenvalue weighted by Crippen LogP contribution is 2.34. The number of pyridine rings is 1. The van der Waals surface area contributed by atoms with Gasteiger partial charge in [0.2, 0.25) is 5.88 Å². The fourth-order valence-electron chi connectivity index (χ4n) is 3.92. The first-order valence-electron chi connectivity index (χ1n) is 9.91. The second-order valence-corrected chi connectivity index (χ2v) is 9.38. The van der Waals surface area contributed by atoms with Gasteiger partial charge in [0, 0.05) is 18.6 Å². The van der Waals surface area contributed by atoms with Crippen LogP contribution in [0.15, 0.2) is 40.4 Å². The molecule has 0 saturated heterocycles. The summed E-state index contributed by atoms with van der Waals surface area (Å²) in [7, 11) is 2.20. The van der Waals surface area contributed by atoms with Crippen LogP contribution in [-0.4, -0.2) is 43.1 Å². The second-order valence-electron chi connectivity index (χ2n) is 7.68. The minimum Gasteiger partial charge on any atom is -0.474 e. The Kier molecular flexibility index (Phi) is 5.56. The zero-order valence-corrected chi connectivity index (χ0v) is 17.8. The third kappa shape index (κ3) is 3.86. The van der Waals surface area contributed by atoms with Crippen molar-refractivity contribution in [1.29, 1.82) is 0 Å². The molecule has 0 spiro atoms. The summed E-state index contributed by atoms with van der Waals surface area (Å²) in [6, 6.07) is 3.82. The van der Waals surface area contributed by atoms with Crippen LogP contribution in [0.5, 0.6) is 5.88 Å². The van der Waals surface area contributed by atoms with E-state index in [0.29, 0.717) is 16.3 Å². The van der Waals surface area contributed by atoms with Gasteiger partial charge in [0.25, 0.3) is 5.56 Å². The molecule has 1 N–H and O–H groups in total. The number of hydrogen-bond donors (Lipinski definition) is 1. The zero-order valence-electron chi connectivity index (χ0n) is 17.0. The first-order chi connectivity index (χ1) is 14.0. The second kappa shape index (κ2) is 8.12. The van der Waals surface area contributed by atoms with E-state index in [1.54, 1.807) is 30.8 Å². The van der Waals surface area contributed by atoms with Gasteiger partial charge in [-0.2, -0.15) is 0 Å². The predicted octanol–water partition coefficient (Wildman–Crippen LogP) is 3.29. The van der Waals surface area contributed by atoms with E-state index in [4.69, 9.17) is 4.74 Å². The van der Waals surface area contributed by atoms with Crippen molar-refractivity contribution in [2.24, 2.45) is 0 Å². The summed E-state index contributed by atoms with van der Waals surface area (Å²) in [5, 5.41) is 0. The number of aromatic amines is 1. The van der Waals surface area contributed by atoms with Gasteiger partial charge < -0.3 is 14.1 Å². The van der Waals surface area contributed by atoms with Crippen LogP contribution in [0.1, 0.15) is 37.7 Å². The van der Waals surface area contributed by atoms with Gasteiger partial charge in [-0.3, -0.25) is 4.79 Å². The van der Waals surface area contributed by atoms with Crippen molar-refractivity contribution < 1.29 is 8.95 Å². The Morgan fingerprint density at radius 2 is 2.00 bits per heavy atom. The van der Waals surface area contributed by atoms with Crippen LogP contribution in [0.2, 0.25) is 0 Å². The number of nitrogens with zero attached hydrogens (tertiary/aromatic N) is 3. The van der Waals surface area contributed by atoms with Crippen molar-refractivity contribution in [3.8, 4) is 17.1 Å². The number of fused-ring (bicyclic) bond motifs is 1. The molecule has 1 aliphatic rings. The molecule has 0 radical (unpaired) electrons. The predicted molar refractivity (Wildman–Crippen MR) is 114 cm³/mol. The van der Waals surface area contributed by atoms with Crippen LogP contribution in [0.25, 0.3) is 16.8 Å². The molecule has 1 fully saturated rings. The minimum atomic E-state index is -1.33. The van der Waals surface area contributed by atoms with Crippen LogP contribution in [-0.2, 0) is 11.0 Å². The smallest absolute Gasteiger partial charge is 0.272 e. The molecule has 0 aliphatic heterocycles. The number of aromatic nitrogens is 3. The van der Waals surface area contributed by atoms with Gasteiger partial charge in [-0.05, 0) is 64.4 Å². The van der Waals surface area contributed by atoms with Crippen LogP contribution < -0.4 is 10.3 Å². The van der Waals surface area contributed by atoms with Gasteiger partial charge >= 0.3 is 0 Å². The average molecular weight is 415 g/mol. The highest BCUT2D eigenvalue weighted by Gasteiger charge is 2.22. The summed E-state index contributed by atoms with van der Waals surface area (Å²) in [5.41, 5.74) is 2.86. The molecule has 4 rings (SSSR count). The highest BCUT2D eigenvalue weighted by atomic mass is 32.2. The van der Waals surface area contributed by atoms with Crippen LogP contribution in [0, 0.1) is 6.92 Å². The largest absolute Gasteiger partial charge is 0.474 e. The topological polar surface area (TPSA) is 79.7 Å². The summed E-state index contributed by atoms with van der Waals surface area (Å²) in [4.78, 5) is 20.2. The van der Waals surface area contributed by atoms with Gasteiger partial charge in [0.1, 0.15) is 22.6 Å². The molecule has 1 aliphatic carbocycles. The maximum atomic E-state index is 12.6. The van der Waals surface area contributed by atoms with Gasteiger partial charge in [0.05, 0.1) is 16.2 Å². The van der Waals surface area contributed by atoms with E-state index in [1.807, 2.05) is 29.7 Å². The lowest BCUT2D eigenvalue weighted by molar-refractivity contribution is 0.149. The van der Waals surface area contributed by atoms with E-state index in [9.17, 15) is 9.00 Å². The lowest BCUT2D eigenvalue weighted by Gasteiger charge is -2.24. The first-order valence-corrected chi connectivity index (χ1v) is 11.0. The molecule has 8 heteroatoms. The van der Waals surface area contributed by atoms with Crippen molar-refractivity contribution in [2.45, 2.75) is 50.0 Å². The summed E-state index contributed by atoms with van der Waals surface area (Å²) in [5.74, 6) is 0.524. The molecule has 1 unspecified atom stereocenters. The average Bonchev–Trinajstić information content (AvgIpc) is 3.06. The molecular formula is C21H26N4O3S. The van der Waals surface area contributed by atoms with Gasteiger partial charge in [-0.15, -0.1) is 0 Å². The van der Waals surface area contributed by atoms with E-state index in [-0.39, 0.29) is 11.7 Å². The normalized spacial score (nSPS) is 16.4. The van der Waals surface area contributed by atoms with Crippen LogP contribution in [0.4, 0.5) is 0 Å². The van der Waals surface area contributed by atoms with Crippen molar-refractivity contribution in [3.05, 3.63) is 46.6 Å². The molecule has 1 saturated carbocycles. The van der Waals surface area contributed by atoms with E-state index < -0.39 is 11.0 Å². The summed E-state index contributed by atoms with van der Waals surface area (Å²) in [6.45, 7) is 1.91. The highest BCUT2D eigenvalue weighted by molar-refractivity contribution is 7.82. The Balaban J connectivity index is 1.87. The lowest BCUT2D eigenvalue weighted by Crippen LogP contribution is -2.21. The minimum absolute atomic E-state index is 0.135. The number of rotatable bonds is 5. The Morgan fingerprint density at radius 1 is 1.24 bits per heavy atom. The van der Waals surface area contributed by atoms with E-state index in [1.165, 1.54) is 6.42 Å². The number of ether oxygens (including phenoxy) is 1. The first kappa shape index (κ1) is 19.8. The molecule has 154 valence electrons. The van der Waals surface area contributed by atoms with Crippen molar-refractivity contribution in [2.75, 3.05) is 14.1 Å².